The molecule has 104 valence electrons. The van der Waals surface area contributed by atoms with Crippen LogP contribution in [0.15, 0.2) is 0 Å². The number of carboxylic acids is 1. The molecule has 0 spiro atoms. The van der Waals surface area contributed by atoms with Crippen molar-refractivity contribution in [1.29, 1.82) is 0 Å². The number of carbonyl (C=O) groups excluding carboxylic acids is 1. The van der Waals surface area contributed by atoms with E-state index in [1.165, 1.54) is 4.90 Å². The summed E-state index contributed by atoms with van der Waals surface area (Å²) in [5.41, 5.74) is -0.604. The molecule has 0 aromatic carbocycles. The van der Waals surface area contributed by atoms with Gasteiger partial charge in [0.05, 0.1) is 0 Å². The van der Waals surface area contributed by atoms with Gasteiger partial charge in [0.25, 0.3) is 0 Å². The van der Waals surface area contributed by atoms with E-state index in [-0.39, 0.29) is 5.92 Å². The van der Waals surface area contributed by atoms with Crippen LogP contribution in [-0.4, -0.2) is 40.3 Å². The highest BCUT2D eigenvalue weighted by atomic mass is 16.6. The van der Waals surface area contributed by atoms with Crippen molar-refractivity contribution in [2.45, 2.75) is 58.6 Å². The van der Waals surface area contributed by atoms with Gasteiger partial charge in [-0.1, -0.05) is 6.42 Å². The minimum atomic E-state index is -0.938. The van der Waals surface area contributed by atoms with Crippen LogP contribution >= 0.6 is 0 Å². The van der Waals surface area contributed by atoms with Crippen LogP contribution in [0.25, 0.3) is 0 Å². The van der Waals surface area contributed by atoms with Gasteiger partial charge in [-0.25, -0.2) is 9.59 Å². The van der Waals surface area contributed by atoms with Crippen molar-refractivity contribution in [3.63, 3.8) is 0 Å². The average Bonchev–Trinajstić information content (AvgIpc) is 2.11. The van der Waals surface area contributed by atoms with E-state index >= 15 is 0 Å². The quantitative estimate of drug-likeness (QED) is 0.840. The highest BCUT2D eigenvalue weighted by Gasteiger charge is 2.40. The molecule has 0 aromatic heterocycles. The zero-order valence-electron chi connectivity index (χ0n) is 11.6. The second-order valence-corrected chi connectivity index (χ2v) is 5.74. The zero-order valence-corrected chi connectivity index (χ0v) is 11.6. The van der Waals surface area contributed by atoms with Gasteiger partial charge in [-0.2, -0.15) is 0 Å². The molecule has 0 radical (unpaired) electrons. The molecule has 1 aliphatic rings. The van der Waals surface area contributed by atoms with E-state index in [9.17, 15) is 14.7 Å². The van der Waals surface area contributed by atoms with Gasteiger partial charge >= 0.3 is 12.1 Å². The Hall–Kier alpha value is -1.26. The van der Waals surface area contributed by atoms with Crippen molar-refractivity contribution < 1.29 is 19.4 Å². The molecule has 1 amide bonds. The van der Waals surface area contributed by atoms with E-state index in [1.807, 2.05) is 0 Å². The number of carbonyl (C=O) groups is 2. The molecule has 1 rings (SSSR count). The van der Waals surface area contributed by atoms with Gasteiger partial charge in [0.15, 0.2) is 0 Å². The molecule has 0 heterocycles. The maximum atomic E-state index is 12.0. The number of aliphatic carboxylic acids is 1. The van der Waals surface area contributed by atoms with Crippen LogP contribution < -0.4 is 0 Å². The Morgan fingerprint density at radius 3 is 2.22 bits per heavy atom. The molecule has 0 aliphatic heterocycles. The van der Waals surface area contributed by atoms with Gasteiger partial charge < -0.3 is 9.84 Å². The third kappa shape index (κ3) is 3.62. The molecule has 0 bridgehead atoms. The lowest BCUT2D eigenvalue weighted by Gasteiger charge is -2.38. The van der Waals surface area contributed by atoms with Crippen molar-refractivity contribution in [3.05, 3.63) is 0 Å². The Morgan fingerprint density at radius 1 is 1.39 bits per heavy atom. The Balaban J connectivity index is 2.78. The Bertz CT molecular complexity index is 317. The third-order valence-corrected chi connectivity index (χ3v) is 3.15. The van der Waals surface area contributed by atoms with Crippen LogP contribution in [0.5, 0.6) is 0 Å². The topological polar surface area (TPSA) is 66.8 Å². The van der Waals surface area contributed by atoms with Crippen LogP contribution in [-0.2, 0) is 9.53 Å². The molecule has 5 heteroatoms. The van der Waals surface area contributed by atoms with Crippen molar-refractivity contribution in [2.24, 2.45) is 5.92 Å². The maximum absolute atomic E-state index is 12.0. The number of hydrogen-bond acceptors (Lipinski definition) is 3. The SMILES string of the molecule is CCN(C(=O)OC(C)(C)C)C(C(=O)O)C1CCC1. The molecule has 18 heavy (non-hydrogen) atoms. The van der Waals surface area contributed by atoms with Crippen LogP contribution in [0.4, 0.5) is 4.79 Å². The zero-order chi connectivity index (χ0) is 13.9. The fraction of sp³-hybridized carbons (Fsp3) is 0.846. The third-order valence-electron chi connectivity index (χ3n) is 3.15. The van der Waals surface area contributed by atoms with Gasteiger partial charge in [0, 0.05) is 6.54 Å². The van der Waals surface area contributed by atoms with Gasteiger partial charge in [-0.15, -0.1) is 0 Å². The molecular formula is C13H23NO4. The first-order valence-electron chi connectivity index (χ1n) is 6.48. The first-order chi connectivity index (χ1) is 8.26. The summed E-state index contributed by atoms with van der Waals surface area (Å²) < 4.78 is 5.26. The Labute approximate surface area is 108 Å². The smallest absolute Gasteiger partial charge is 0.411 e. The van der Waals surface area contributed by atoms with Gasteiger partial charge in [-0.05, 0) is 46.5 Å². The lowest BCUT2D eigenvalue weighted by molar-refractivity contribution is -0.146. The molecule has 1 unspecified atom stereocenters. The molecule has 1 aliphatic carbocycles. The van der Waals surface area contributed by atoms with Gasteiger partial charge in [0.2, 0.25) is 0 Å². The first kappa shape index (κ1) is 14.8. The van der Waals surface area contributed by atoms with Crippen molar-refractivity contribution >= 4 is 12.1 Å². The summed E-state index contributed by atoms with van der Waals surface area (Å²) in [5.74, 6) is -0.873. The molecule has 0 aromatic rings. The lowest BCUT2D eigenvalue weighted by atomic mass is 9.79. The highest BCUT2D eigenvalue weighted by molar-refractivity contribution is 5.80. The van der Waals surface area contributed by atoms with Gasteiger partial charge in [0.1, 0.15) is 11.6 Å². The van der Waals surface area contributed by atoms with E-state index in [1.54, 1.807) is 27.7 Å². The number of likely N-dealkylation sites (N-methyl/N-ethyl adjacent to an activating group) is 1. The van der Waals surface area contributed by atoms with E-state index in [0.29, 0.717) is 6.54 Å². The number of rotatable bonds is 4. The van der Waals surface area contributed by atoms with Crippen molar-refractivity contribution in [1.82, 2.24) is 4.90 Å². The van der Waals surface area contributed by atoms with Crippen molar-refractivity contribution in [3.8, 4) is 0 Å². The standard InChI is InChI=1S/C13H23NO4/c1-5-14(12(17)18-13(2,3)4)10(11(15)16)9-7-6-8-9/h9-10H,5-8H2,1-4H3,(H,15,16). The summed E-state index contributed by atoms with van der Waals surface area (Å²) in [6, 6.07) is -0.751. The number of carboxylic acid groups (broad SMARTS) is 1. The maximum Gasteiger partial charge on any atom is 0.411 e. The largest absolute Gasteiger partial charge is 0.480 e. The summed E-state index contributed by atoms with van der Waals surface area (Å²) >= 11 is 0. The summed E-state index contributed by atoms with van der Waals surface area (Å²) in [6.45, 7) is 7.45. The molecular weight excluding hydrogens is 234 g/mol. The number of amides is 1. The second kappa shape index (κ2) is 5.59. The molecule has 0 saturated heterocycles. The van der Waals surface area contributed by atoms with E-state index < -0.39 is 23.7 Å². The predicted octanol–water partition coefficient (Wildman–Crippen LogP) is 2.50. The van der Waals surface area contributed by atoms with E-state index in [4.69, 9.17) is 4.74 Å². The lowest BCUT2D eigenvalue weighted by Crippen LogP contribution is -2.52. The Kier molecular flexibility index (Phi) is 4.59. The fourth-order valence-corrected chi connectivity index (χ4v) is 2.10. The fourth-order valence-electron chi connectivity index (χ4n) is 2.10. The summed E-state index contributed by atoms with van der Waals surface area (Å²) in [7, 11) is 0. The second-order valence-electron chi connectivity index (χ2n) is 5.74. The van der Waals surface area contributed by atoms with Gasteiger partial charge in [-0.3, -0.25) is 4.90 Å². The summed E-state index contributed by atoms with van der Waals surface area (Å²) in [4.78, 5) is 24.7. The first-order valence-corrected chi connectivity index (χ1v) is 6.48. The molecule has 5 nitrogen and oxygen atoms in total. The van der Waals surface area contributed by atoms with E-state index in [0.717, 1.165) is 19.3 Å². The Morgan fingerprint density at radius 2 is 1.94 bits per heavy atom. The highest BCUT2D eigenvalue weighted by Crippen LogP contribution is 2.33. The van der Waals surface area contributed by atoms with Crippen molar-refractivity contribution in [2.75, 3.05) is 6.54 Å². The van der Waals surface area contributed by atoms with Crippen LogP contribution in [0.1, 0.15) is 47.0 Å². The van der Waals surface area contributed by atoms with Crippen LogP contribution in [0, 0.1) is 5.92 Å². The average molecular weight is 257 g/mol. The molecule has 1 fully saturated rings. The van der Waals surface area contributed by atoms with E-state index in [2.05, 4.69) is 0 Å². The molecule has 1 atom stereocenters. The monoisotopic (exact) mass is 257 g/mol. The van der Waals surface area contributed by atoms with Crippen LogP contribution in [0.3, 0.4) is 0 Å². The number of nitrogens with zero attached hydrogens (tertiary/aromatic N) is 1. The minimum absolute atomic E-state index is 0.0648. The number of ether oxygens (including phenoxy) is 1. The summed E-state index contributed by atoms with van der Waals surface area (Å²) in [5, 5.41) is 9.31. The predicted molar refractivity (Wildman–Crippen MR) is 67.4 cm³/mol. The van der Waals surface area contributed by atoms with Crippen LogP contribution in [0.2, 0.25) is 0 Å². The minimum Gasteiger partial charge on any atom is -0.480 e. The summed E-state index contributed by atoms with van der Waals surface area (Å²) in [6.07, 6.45) is 2.25. The molecule has 1 N–H and O–H groups in total. The molecule has 1 saturated carbocycles. The normalized spacial score (nSPS) is 17.8. The number of hydrogen-bond donors (Lipinski definition) is 1.